The van der Waals surface area contributed by atoms with E-state index in [1.807, 2.05) is 13.8 Å². The minimum absolute atomic E-state index is 0.0268. The molecule has 132 valence electrons. The Bertz CT molecular complexity index is 495. The molecule has 0 aromatic rings. The molecule has 9 heteroatoms. The lowest BCUT2D eigenvalue weighted by atomic mass is 9.64. The molecule has 0 aromatic heterocycles. The Morgan fingerprint density at radius 2 is 1.91 bits per heavy atom. The molecule has 4 atom stereocenters. The summed E-state index contributed by atoms with van der Waals surface area (Å²) in [5, 5.41) is 11.7. The number of carbonyl (C=O) groups excluding carboxylic acids is 1. The maximum absolute atomic E-state index is 12.9. The van der Waals surface area contributed by atoms with Crippen molar-refractivity contribution < 1.29 is 32.6 Å². The van der Waals surface area contributed by atoms with Crippen molar-refractivity contribution in [3.8, 4) is 0 Å². The van der Waals surface area contributed by atoms with Gasteiger partial charge < -0.3 is 20.1 Å². The molecular formula is C14H21F3N2O4. The Morgan fingerprint density at radius 3 is 2.30 bits per heavy atom. The van der Waals surface area contributed by atoms with Crippen molar-refractivity contribution in [2.45, 2.75) is 38.6 Å². The summed E-state index contributed by atoms with van der Waals surface area (Å²) in [6, 6.07) is -0.871. The number of carboxylic acids is 1. The molecule has 0 bridgehead atoms. The molecule has 1 aliphatic heterocycles. The Morgan fingerprint density at radius 1 is 1.30 bits per heavy atom. The molecule has 1 aliphatic carbocycles. The summed E-state index contributed by atoms with van der Waals surface area (Å²) in [4.78, 5) is 24.1. The molecular weight excluding hydrogens is 317 g/mol. The maximum Gasteiger partial charge on any atom is 0.394 e. The van der Waals surface area contributed by atoms with Crippen LogP contribution in [0, 0.1) is 17.3 Å². The van der Waals surface area contributed by atoms with Gasteiger partial charge in [0.05, 0.1) is 17.9 Å². The summed E-state index contributed by atoms with van der Waals surface area (Å²) in [7, 11) is 1.57. The summed E-state index contributed by atoms with van der Waals surface area (Å²) in [6.07, 6.45) is -4.09. The van der Waals surface area contributed by atoms with Crippen molar-refractivity contribution in [3.05, 3.63) is 0 Å². The number of amides is 2. The van der Waals surface area contributed by atoms with Gasteiger partial charge in [-0.15, -0.1) is 0 Å². The summed E-state index contributed by atoms with van der Waals surface area (Å²) >= 11 is 0. The minimum Gasteiger partial charge on any atom is -0.481 e. The second-order valence-corrected chi connectivity index (χ2v) is 6.78. The maximum atomic E-state index is 12.9. The van der Waals surface area contributed by atoms with Crippen molar-refractivity contribution in [1.82, 2.24) is 10.2 Å². The van der Waals surface area contributed by atoms with Crippen LogP contribution in [0.3, 0.4) is 0 Å². The van der Waals surface area contributed by atoms with Crippen LogP contribution in [0.2, 0.25) is 0 Å². The summed E-state index contributed by atoms with van der Waals surface area (Å²) in [6.45, 7) is 2.73. The topological polar surface area (TPSA) is 78.9 Å². The first-order chi connectivity index (χ1) is 10.5. The first-order valence-electron chi connectivity index (χ1n) is 7.36. The molecule has 1 saturated heterocycles. The van der Waals surface area contributed by atoms with Crippen LogP contribution < -0.4 is 5.32 Å². The number of ether oxygens (including phenoxy) is 1. The summed E-state index contributed by atoms with van der Waals surface area (Å²) < 4.78 is 44.0. The summed E-state index contributed by atoms with van der Waals surface area (Å²) in [5.74, 6) is -5.19. The Kier molecular flexibility index (Phi) is 4.53. The van der Waals surface area contributed by atoms with E-state index in [1.54, 1.807) is 7.11 Å². The average Bonchev–Trinajstić information content (AvgIpc) is 2.88. The van der Waals surface area contributed by atoms with Crippen molar-refractivity contribution in [1.29, 1.82) is 0 Å². The van der Waals surface area contributed by atoms with Crippen LogP contribution in [-0.2, 0) is 9.53 Å². The van der Waals surface area contributed by atoms with Gasteiger partial charge in [-0.05, 0) is 6.42 Å². The number of likely N-dealkylation sites (tertiary alicyclic amines) is 1. The van der Waals surface area contributed by atoms with Crippen molar-refractivity contribution >= 4 is 12.0 Å². The van der Waals surface area contributed by atoms with Crippen molar-refractivity contribution in [2.24, 2.45) is 17.3 Å². The highest BCUT2D eigenvalue weighted by molar-refractivity contribution is 5.78. The van der Waals surface area contributed by atoms with E-state index in [4.69, 9.17) is 9.84 Å². The third kappa shape index (κ3) is 3.24. The molecule has 2 fully saturated rings. The fourth-order valence-corrected chi connectivity index (χ4v) is 3.32. The Balaban J connectivity index is 2.00. The second kappa shape index (κ2) is 5.85. The number of hydrogen-bond donors (Lipinski definition) is 2. The normalized spacial score (nSPS) is 33.2. The van der Waals surface area contributed by atoms with Gasteiger partial charge in [0, 0.05) is 31.7 Å². The van der Waals surface area contributed by atoms with Gasteiger partial charge in [0.25, 0.3) is 0 Å². The van der Waals surface area contributed by atoms with Crippen LogP contribution in [0.5, 0.6) is 0 Å². The van der Waals surface area contributed by atoms with Crippen LogP contribution in [0.4, 0.5) is 18.0 Å². The van der Waals surface area contributed by atoms with Gasteiger partial charge in [0.15, 0.2) is 0 Å². The SMILES string of the molecule is COC1CC(NC(=O)N2C[C@@H](C(F)(F)F)[C@H](C(=O)O)C2)C1(C)C. The zero-order valence-electron chi connectivity index (χ0n) is 13.2. The number of halogens is 3. The van der Waals surface area contributed by atoms with Gasteiger partial charge in [-0.25, -0.2) is 4.79 Å². The molecule has 1 heterocycles. The molecule has 0 spiro atoms. The first-order valence-corrected chi connectivity index (χ1v) is 7.36. The first kappa shape index (κ1) is 17.8. The molecule has 2 amide bonds. The van der Waals surface area contributed by atoms with Gasteiger partial charge in [0.1, 0.15) is 0 Å². The van der Waals surface area contributed by atoms with E-state index in [-0.39, 0.29) is 17.6 Å². The lowest BCUT2D eigenvalue weighted by Gasteiger charge is -2.51. The number of aliphatic carboxylic acids is 1. The third-order valence-corrected chi connectivity index (χ3v) is 5.10. The molecule has 23 heavy (non-hydrogen) atoms. The number of urea groups is 1. The molecule has 2 rings (SSSR count). The van der Waals surface area contributed by atoms with Crippen LogP contribution >= 0.6 is 0 Å². The largest absolute Gasteiger partial charge is 0.481 e. The molecule has 6 nitrogen and oxygen atoms in total. The monoisotopic (exact) mass is 338 g/mol. The fourth-order valence-electron chi connectivity index (χ4n) is 3.32. The van der Waals surface area contributed by atoms with E-state index in [0.29, 0.717) is 6.42 Å². The molecule has 2 N–H and O–H groups in total. The predicted molar refractivity (Wildman–Crippen MR) is 73.8 cm³/mol. The Labute approximate surface area is 132 Å². The minimum atomic E-state index is -4.64. The zero-order valence-corrected chi connectivity index (χ0v) is 13.2. The number of methoxy groups -OCH3 is 1. The number of nitrogens with one attached hydrogen (secondary N) is 1. The molecule has 1 saturated carbocycles. The average molecular weight is 338 g/mol. The van der Waals surface area contributed by atoms with Gasteiger partial charge >= 0.3 is 18.2 Å². The molecule has 2 unspecified atom stereocenters. The highest BCUT2D eigenvalue weighted by Gasteiger charge is 2.55. The van der Waals surface area contributed by atoms with Crippen LogP contribution in [0.1, 0.15) is 20.3 Å². The van der Waals surface area contributed by atoms with E-state index in [1.165, 1.54) is 0 Å². The van der Waals surface area contributed by atoms with Gasteiger partial charge in [-0.2, -0.15) is 13.2 Å². The highest BCUT2D eigenvalue weighted by Crippen LogP contribution is 2.43. The van der Waals surface area contributed by atoms with Gasteiger partial charge in [-0.3, -0.25) is 4.79 Å². The highest BCUT2D eigenvalue weighted by atomic mass is 19.4. The molecule has 2 aliphatic rings. The number of rotatable bonds is 3. The quantitative estimate of drug-likeness (QED) is 0.821. The smallest absolute Gasteiger partial charge is 0.394 e. The number of carboxylic acid groups (broad SMARTS) is 1. The van der Waals surface area contributed by atoms with E-state index < -0.39 is 43.1 Å². The van der Waals surface area contributed by atoms with Crippen molar-refractivity contribution in [3.63, 3.8) is 0 Å². The van der Waals surface area contributed by atoms with E-state index >= 15 is 0 Å². The summed E-state index contributed by atoms with van der Waals surface area (Å²) in [5.41, 5.74) is -0.320. The van der Waals surface area contributed by atoms with E-state index in [2.05, 4.69) is 5.32 Å². The number of hydrogen-bond acceptors (Lipinski definition) is 3. The van der Waals surface area contributed by atoms with Crippen LogP contribution in [-0.4, -0.2) is 60.5 Å². The Hall–Kier alpha value is -1.51. The lowest BCUT2D eigenvalue weighted by molar-refractivity contribution is -0.187. The third-order valence-electron chi connectivity index (χ3n) is 5.10. The predicted octanol–water partition coefficient (Wildman–Crippen LogP) is 1.70. The van der Waals surface area contributed by atoms with E-state index in [9.17, 15) is 22.8 Å². The van der Waals surface area contributed by atoms with E-state index in [0.717, 1.165) is 4.90 Å². The van der Waals surface area contributed by atoms with Crippen molar-refractivity contribution in [2.75, 3.05) is 20.2 Å². The van der Waals surface area contributed by atoms with Gasteiger partial charge in [-0.1, -0.05) is 13.8 Å². The van der Waals surface area contributed by atoms with Crippen LogP contribution in [0.15, 0.2) is 0 Å². The molecule has 0 aromatic carbocycles. The molecule has 0 radical (unpaired) electrons. The number of nitrogens with zero attached hydrogens (tertiary/aromatic N) is 1. The fraction of sp³-hybridized carbons (Fsp3) is 0.857. The standard InChI is InChI=1S/C14H21F3N2O4/c1-13(2)9(4-10(13)23-3)18-12(22)19-5-7(11(20)21)8(6-19)14(15,16)17/h7-10H,4-6H2,1-3H3,(H,18,22)(H,20,21)/t7-,8-,9?,10?/m1/s1. The number of carbonyl (C=O) groups is 2. The second-order valence-electron chi connectivity index (χ2n) is 6.78. The zero-order chi connectivity index (χ0) is 17.6. The lowest BCUT2D eigenvalue weighted by Crippen LogP contribution is -2.63. The van der Waals surface area contributed by atoms with Gasteiger partial charge in [0.2, 0.25) is 0 Å². The number of alkyl halides is 3. The van der Waals surface area contributed by atoms with Crippen LogP contribution in [0.25, 0.3) is 0 Å².